The fraction of sp³-hybridized carbons (Fsp3) is 0.619. The molecule has 0 aromatic heterocycles. The van der Waals surface area contributed by atoms with E-state index in [1.54, 1.807) is 0 Å². The number of carbonyl (C=O) groups excluding carboxylic acids is 2. The number of carbonyl (C=O) groups is 2. The number of piperidine rings is 1. The van der Waals surface area contributed by atoms with Crippen LogP contribution in [0.4, 0.5) is 4.79 Å². The lowest BCUT2D eigenvalue weighted by Crippen LogP contribution is -2.55. The molecule has 170 valence electrons. The molecule has 2 N–H and O–H groups in total. The number of hydrogen-bond donors (Lipinski definition) is 2. The van der Waals surface area contributed by atoms with Crippen LogP contribution in [0.15, 0.2) is 30.3 Å². The number of morpholine rings is 1. The second-order valence-corrected chi connectivity index (χ2v) is 7.41. The predicted molar refractivity (Wildman–Crippen MR) is 116 cm³/mol. The van der Waals surface area contributed by atoms with Gasteiger partial charge in [-0.15, -0.1) is 6.58 Å². The summed E-state index contributed by atoms with van der Waals surface area (Å²) in [5, 5.41) is 15.1. The van der Waals surface area contributed by atoms with E-state index in [0.717, 1.165) is 26.1 Å². The maximum atomic E-state index is 12.6. The molecule has 2 saturated heterocycles. The number of nitriles is 1. The summed E-state index contributed by atoms with van der Waals surface area (Å²) in [4.78, 5) is 32.9. The van der Waals surface area contributed by atoms with Crippen molar-refractivity contribution < 1.29 is 19.1 Å². The summed E-state index contributed by atoms with van der Waals surface area (Å²) in [6.45, 7) is 11.5. The Morgan fingerprint density at radius 2 is 1.90 bits per heavy atom. The Bertz CT molecular complexity index is 703. The Labute approximate surface area is 183 Å². The van der Waals surface area contributed by atoms with Crippen LogP contribution < -0.4 is 10.6 Å². The van der Waals surface area contributed by atoms with E-state index in [2.05, 4.69) is 39.8 Å². The molecular formula is C21H32N6O4. The zero-order valence-corrected chi connectivity index (χ0v) is 18.0. The highest BCUT2D eigenvalue weighted by atomic mass is 16.5. The Balaban J connectivity index is 1.95. The second-order valence-electron chi connectivity index (χ2n) is 7.41. The second kappa shape index (κ2) is 12.7. The molecule has 10 heteroatoms. The largest absolute Gasteiger partial charge is 0.445 e. The third kappa shape index (κ3) is 8.03. The summed E-state index contributed by atoms with van der Waals surface area (Å²) in [6, 6.07) is 2.28. The third-order valence-corrected chi connectivity index (χ3v) is 5.18. The Morgan fingerprint density at radius 1 is 1.19 bits per heavy atom. The van der Waals surface area contributed by atoms with Gasteiger partial charge >= 0.3 is 6.09 Å². The molecule has 0 spiro atoms. The van der Waals surface area contributed by atoms with Crippen molar-refractivity contribution in [2.45, 2.75) is 24.8 Å². The standard InChI is InChI=1S/C21H32N6O4/c1-3-5-8-26-9-6-21(17-22,7-10-26)25-18(28)16-23-19(24-20(29)31-13-4-2)27-11-14-30-15-12-27/h3-4H,1-2,5-16H2,(H,25,28)(H,23,24,29). The highest BCUT2D eigenvalue weighted by molar-refractivity contribution is 5.95. The van der Waals surface area contributed by atoms with Crippen molar-refractivity contribution in [2.24, 2.45) is 4.99 Å². The summed E-state index contributed by atoms with van der Waals surface area (Å²) < 4.78 is 10.3. The SMILES string of the molecule is C=CCCN1CCC(C#N)(NC(=O)CN=C(NC(=O)OCC=C)N2CCOCC2)CC1. The van der Waals surface area contributed by atoms with Crippen LogP contribution in [-0.2, 0) is 14.3 Å². The molecule has 10 nitrogen and oxygen atoms in total. The lowest BCUT2D eigenvalue weighted by atomic mass is 9.88. The minimum absolute atomic E-state index is 0.0667. The van der Waals surface area contributed by atoms with Crippen LogP contribution >= 0.6 is 0 Å². The van der Waals surface area contributed by atoms with Crippen molar-refractivity contribution in [1.82, 2.24) is 20.4 Å². The van der Waals surface area contributed by atoms with Crippen molar-refractivity contribution in [2.75, 3.05) is 59.1 Å². The quantitative estimate of drug-likeness (QED) is 0.328. The summed E-state index contributed by atoms with van der Waals surface area (Å²) >= 11 is 0. The molecule has 2 rings (SSSR count). The molecule has 2 aliphatic rings. The van der Waals surface area contributed by atoms with Crippen molar-refractivity contribution >= 4 is 18.0 Å². The molecule has 0 radical (unpaired) electrons. The van der Waals surface area contributed by atoms with Crippen molar-refractivity contribution in [3.8, 4) is 6.07 Å². The summed E-state index contributed by atoms with van der Waals surface area (Å²) in [5.41, 5.74) is -0.896. The fourth-order valence-electron chi connectivity index (χ4n) is 3.41. The van der Waals surface area contributed by atoms with Crippen molar-refractivity contribution in [3.05, 3.63) is 25.3 Å². The number of rotatable bonds is 8. The van der Waals surface area contributed by atoms with Gasteiger partial charge in [-0.05, 0) is 19.3 Å². The van der Waals surface area contributed by atoms with Gasteiger partial charge in [-0.1, -0.05) is 18.7 Å². The van der Waals surface area contributed by atoms with E-state index >= 15 is 0 Å². The zero-order chi connectivity index (χ0) is 22.5. The van der Waals surface area contributed by atoms with Crippen LogP contribution in [-0.4, -0.2) is 92.4 Å². The smallest absolute Gasteiger partial charge is 0.414 e. The number of nitrogens with one attached hydrogen (secondary N) is 2. The van der Waals surface area contributed by atoms with Gasteiger partial charge in [-0.25, -0.2) is 9.79 Å². The van der Waals surface area contributed by atoms with E-state index < -0.39 is 11.6 Å². The van der Waals surface area contributed by atoms with E-state index in [9.17, 15) is 14.9 Å². The topological polar surface area (TPSA) is 119 Å². The first kappa shape index (κ1) is 24.4. The average Bonchev–Trinajstić information content (AvgIpc) is 2.80. The predicted octanol–water partition coefficient (Wildman–Crippen LogP) is 0.637. The van der Waals surface area contributed by atoms with E-state index in [1.807, 2.05) is 11.0 Å². The van der Waals surface area contributed by atoms with Crippen LogP contribution in [0.2, 0.25) is 0 Å². The minimum Gasteiger partial charge on any atom is -0.445 e. The first-order valence-electron chi connectivity index (χ1n) is 10.5. The monoisotopic (exact) mass is 432 g/mol. The van der Waals surface area contributed by atoms with Gasteiger partial charge in [-0.2, -0.15) is 5.26 Å². The first-order chi connectivity index (χ1) is 15.0. The molecule has 0 aliphatic carbocycles. The molecule has 0 unspecified atom stereocenters. The maximum Gasteiger partial charge on any atom is 0.414 e. The molecule has 0 aromatic carbocycles. The number of aliphatic imine (C=N–C) groups is 1. The highest BCUT2D eigenvalue weighted by Crippen LogP contribution is 2.21. The molecule has 0 bridgehead atoms. The lowest BCUT2D eigenvalue weighted by molar-refractivity contribution is -0.121. The van der Waals surface area contributed by atoms with Crippen LogP contribution in [0, 0.1) is 11.3 Å². The van der Waals surface area contributed by atoms with Gasteiger partial charge in [0.15, 0.2) is 0 Å². The molecular weight excluding hydrogens is 400 g/mol. The van der Waals surface area contributed by atoms with Crippen molar-refractivity contribution in [3.63, 3.8) is 0 Å². The van der Waals surface area contributed by atoms with E-state index in [0.29, 0.717) is 39.1 Å². The number of nitrogens with zero attached hydrogens (tertiary/aromatic N) is 4. The van der Waals surface area contributed by atoms with Crippen molar-refractivity contribution in [1.29, 1.82) is 5.26 Å². The third-order valence-electron chi connectivity index (χ3n) is 5.18. The number of likely N-dealkylation sites (tertiary alicyclic amines) is 1. The zero-order valence-electron chi connectivity index (χ0n) is 18.0. The van der Waals surface area contributed by atoms with E-state index in [-0.39, 0.29) is 25.0 Å². The molecule has 2 amide bonds. The summed E-state index contributed by atoms with van der Waals surface area (Å²) in [6.07, 6.45) is 4.66. The normalized spacial score (nSPS) is 19.1. The number of ether oxygens (including phenoxy) is 2. The molecule has 2 fully saturated rings. The molecule has 2 aliphatic heterocycles. The minimum atomic E-state index is -0.896. The van der Waals surface area contributed by atoms with Crippen LogP contribution in [0.5, 0.6) is 0 Å². The number of hydrogen-bond acceptors (Lipinski definition) is 7. The Morgan fingerprint density at radius 3 is 2.52 bits per heavy atom. The first-order valence-corrected chi connectivity index (χ1v) is 10.5. The van der Waals surface area contributed by atoms with Gasteiger partial charge in [0, 0.05) is 32.7 Å². The van der Waals surface area contributed by atoms with Gasteiger partial charge in [0.05, 0.1) is 19.3 Å². The van der Waals surface area contributed by atoms with Crippen LogP contribution in [0.1, 0.15) is 19.3 Å². The molecule has 0 saturated carbocycles. The van der Waals surface area contributed by atoms with E-state index in [1.165, 1.54) is 6.08 Å². The number of amides is 2. The van der Waals surface area contributed by atoms with Gasteiger partial charge in [-0.3, -0.25) is 10.1 Å². The summed E-state index contributed by atoms with van der Waals surface area (Å²) in [5.74, 6) is -0.120. The van der Waals surface area contributed by atoms with Gasteiger partial charge in [0.2, 0.25) is 11.9 Å². The maximum absolute atomic E-state index is 12.6. The molecule has 2 heterocycles. The fourth-order valence-corrected chi connectivity index (χ4v) is 3.41. The van der Waals surface area contributed by atoms with Gasteiger partial charge in [0.25, 0.3) is 0 Å². The molecule has 0 aromatic rings. The highest BCUT2D eigenvalue weighted by Gasteiger charge is 2.36. The molecule has 31 heavy (non-hydrogen) atoms. The summed E-state index contributed by atoms with van der Waals surface area (Å²) in [7, 11) is 0. The Hall–Kier alpha value is -2.90. The molecule has 0 atom stereocenters. The lowest BCUT2D eigenvalue weighted by Gasteiger charge is -2.37. The Kier molecular flexibility index (Phi) is 10.00. The van der Waals surface area contributed by atoms with E-state index in [4.69, 9.17) is 9.47 Å². The van der Waals surface area contributed by atoms with Crippen LogP contribution in [0.25, 0.3) is 0 Å². The number of guanidine groups is 1. The number of alkyl carbamates (subject to hydrolysis) is 1. The van der Waals surface area contributed by atoms with Gasteiger partial charge < -0.3 is 24.6 Å². The van der Waals surface area contributed by atoms with Crippen LogP contribution in [0.3, 0.4) is 0 Å². The van der Waals surface area contributed by atoms with Gasteiger partial charge in [0.1, 0.15) is 18.7 Å². The average molecular weight is 433 g/mol.